The largest absolute Gasteiger partial charge is 0.454 e. The van der Waals surface area contributed by atoms with Crippen molar-refractivity contribution in [3.63, 3.8) is 0 Å². The highest BCUT2D eigenvalue weighted by molar-refractivity contribution is 5.85. The molecule has 1 aromatic rings. The summed E-state index contributed by atoms with van der Waals surface area (Å²) in [6.07, 6.45) is 1.65. The Morgan fingerprint density at radius 3 is 2.76 bits per heavy atom. The van der Waals surface area contributed by atoms with Crippen molar-refractivity contribution in [3.8, 4) is 11.5 Å². The molecule has 8 heteroatoms. The molecule has 1 aromatic carbocycles. The maximum atomic E-state index is 12.1. The fourth-order valence-electron chi connectivity index (χ4n) is 3.20. The predicted octanol–water partition coefficient (Wildman–Crippen LogP) is 0.975. The topological polar surface area (TPSA) is 92.0 Å². The highest BCUT2D eigenvalue weighted by Gasteiger charge is 2.36. The van der Waals surface area contributed by atoms with Crippen LogP contribution in [0.4, 0.5) is 0 Å². The van der Waals surface area contributed by atoms with Crippen LogP contribution in [0.5, 0.6) is 11.5 Å². The van der Waals surface area contributed by atoms with Crippen LogP contribution in [0.1, 0.15) is 18.4 Å². The SMILES string of the molecule is COCC(N)C(=O)NCC1(c2ccc3c(c2)OCO3)CCOCC1.Cl. The normalized spacial score (nSPS) is 19.0. The molecule has 0 aromatic heterocycles. The van der Waals surface area contributed by atoms with Gasteiger partial charge in [-0.15, -0.1) is 12.4 Å². The molecule has 1 amide bonds. The number of fused-ring (bicyclic) bond motifs is 1. The van der Waals surface area contributed by atoms with E-state index < -0.39 is 6.04 Å². The molecule has 140 valence electrons. The van der Waals surface area contributed by atoms with E-state index in [0.29, 0.717) is 19.8 Å². The van der Waals surface area contributed by atoms with Crippen LogP contribution in [-0.2, 0) is 19.7 Å². The van der Waals surface area contributed by atoms with Gasteiger partial charge in [-0.1, -0.05) is 6.07 Å². The number of rotatable bonds is 6. The third kappa shape index (κ3) is 4.36. The fraction of sp³-hybridized carbons (Fsp3) is 0.588. The van der Waals surface area contributed by atoms with E-state index in [1.807, 2.05) is 18.2 Å². The molecule has 0 saturated carbocycles. The van der Waals surface area contributed by atoms with Gasteiger partial charge < -0.3 is 30.0 Å². The zero-order chi connectivity index (χ0) is 17.0. The molecule has 2 aliphatic rings. The number of carbonyl (C=O) groups excluding carboxylic acids is 1. The first-order chi connectivity index (χ1) is 11.6. The van der Waals surface area contributed by atoms with E-state index in [4.69, 9.17) is 24.7 Å². The van der Waals surface area contributed by atoms with Crippen molar-refractivity contribution in [2.45, 2.75) is 24.3 Å². The van der Waals surface area contributed by atoms with E-state index in [9.17, 15) is 4.79 Å². The Hall–Kier alpha value is -1.54. The second-order valence-corrected chi connectivity index (χ2v) is 6.24. The number of amides is 1. The Kier molecular flexibility index (Phi) is 6.89. The summed E-state index contributed by atoms with van der Waals surface area (Å²) in [5, 5.41) is 2.97. The van der Waals surface area contributed by atoms with E-state index in [2.05, 4.69) is 5.32 Å². The summed E-state index contributed by atoms with van der Waals surface area (Å²) in [5.74, 6) is 1.30. The molecule has 1 unspecified atom stereocenters. The maximum Gasteiger partial charge on any atom is 0.239 e. The van der Waals surface area contributed by atoms with Crippen molar-refractivity contribution in [3.05, 3.63) is 23.8 Å². The van der Waals surface area contributed by atoms with Gasteiger partial charge in [0, 0.05) is 32.3 Å². The summed E-state index contributed by atoms with van der Waals surface area (Å²) < 4.78 is 21.3. The lowest BCUT2D eigenvalue weighted by Gasteiger charge is -2.38. The van der Waals surface area contributed by atoms with Gasteiger partial charge in [0.05, 0.1) is 6.61 Å². The van der Waals surface area contributed by atoms with Crippen molar-refractivity contribution in [1.29, 1.82) is 0 Å². The summed E-state index contributed by atoms with van der Waals surface area (Å²) >= 11 is 0. The van der Waals surface area contributed by atoms with Crippen molar-refractivity contribution in [2.24, 2.45) is 5.73 Å². The molecular weight excluding hydrogens is 348 g/mol. The van der Waals surface area contributed by atoms with Crippen LogP contribution in [0.3, 0.4) is 0 Å². The van der Waals surface area contributed by atoms with Crippen molar-refractivity contribution >= 4 is 18.3 Å². The summed E-state index contributed by atoms with van der Waals surface area (Å²) in [5.41, 5.74) is 6.73. The van der Waals surface area contributed by atoms with Crippen molar-refractivity contribution in [1.82, 2.24) is 5.32 Å². The summed E-state index contributed by atoms with van der Waals surface area (Å²) in [7, 11) is 1.53. The Morgan fingerprint density at radius 2 is 2.04 bits per heavy atom. The average molecular weight is 373 g/mol. The first-order valence-electron chi connectivity index (χ1n) is 8.15. The summed E-state index contributed by atoms with van der Waals surface area (Å²) in [4.78, 5) is 12.1. The molecule has 0 spiro atoms. The number of nitrogens with two attached hydrogens (primary N) is 1. The minimum atomic E-state index is -0.663. The zero-order valence-electron chi connectivity index (χ0n) is 14.3. The molecule has 1 saturated heterocycles. The zero-order valence-corrected chi connectivity index (χ0v) is 15.1. The highest BCUT2D eigenvalue weighted by atomic mass is 35.5. The van der Waals surface area contributed by atoms with Gasteiger partial charge in [0.2, 0.25) is 12.7 Å². The van der Waals surface area contributed by atoms with Crippen LogP contribution >= 0.6 is 12.4 Å². The second kappa shape index (κ2) is 8.71. The van der Waals surface area contributed by atoms with Gasteiger partial charge in [0.1, 0.15) is 6.04 Å². The molecule has 3 N–H and O–H groups in total. The van der Waals surface area contributed by atoms with Gasteiger partial charge in [-0.05, 0) is 30.5 Å². The van der Waals surface area contributed by atoms with E-state index >= 15 is 0 Å². The van der Waals surface area contributed by atoms with Crippen LogP contribution in [-0.4, -0.2) is 52.2 Å². The van der Waals surface area contributed by atoms with Crippen LogP contribution in [0.25, 0.3) is 0 Å². The molecule has 1 fully saturated rings. The van der Waals surface area contributed by atoms with Crippen LogP contribution in [0.15, 0.2) is 18.2 Å². The quantitative estimate of drug-likeness (QED) is 0.773. The van der Waals surface area contributed by atoms with Gasteiger partial charge >= 0.3 is 0 Å². The fourth-order valence-corrected chi connectivity index (χ4v) is 3.20. The van der Waals surface area contributed by atoms with Crippen molar-refractivity contribution < 1.29 is 23.7 Å². The number of benzene rings is 1. The molecule has 0 aliphatic carbocycles. The number of hydrogen-bond acceptors (Lipinski definition) is 6. The molecule has 2 heterocycles. The Balaban J connectivity index is 0.00000225. The minimum absolute atomic E-state index is 0. The Labute approximate surface area is 153 Å². The number of methoxy groups -OCH3 is 1. The number of hydrogen-bond donors (Lipinski definition) is 2. The van der Waals surface area contributed by atoms with E-state index in [1.54, 1.807) is 0 Å². The molecule has 3 rings (SSSR count). The van der Waals surface area contributed by atoms with E-state index in [0.717, 1.165) is 29.9 Å². The van der Waals surface area contributed by atoms with Gasteiger partial charge in [0.25, 0.3) is 0 Å². The van der Waals surface area contributed by atoms with Crippen molar-refractivity contribution in [2.75, 3.05) is 40.3 Å². The number of ether oxygens (including phenoxy) is 4. The molecule has 25 heavy (non-hydrogen) atoms. The third-order valence-electron chi connectivity index (χ3n) is 4.72. The molecule has 0 radical (unpaired) electrons. The van der Waals surface area contributed by atoms with Crippen LogP contribution in [0, 0.1) is 0 Å². The number of nitrogens with one attached hydrogen (secondary N) is 1. The van der Waals surface area contributed by atoms with Crippen LogP contribution < -0.4 is 20.5 Å². The van der Waals surface area contributed by atoms with E-state index in [-0.39, 0.29) is 37.1 Å². The maximum absolute atomic E-state index is 12.1. The first kappa shape index (κ1) is 19.8. The van der Waals surface area contributed by atoms with Gasteiger partial charge in [0.15, 0.2) is 11.5 Å². The molecule has 0 bridgehead atoms. The lowest BCUT2D eigenvalue weighted by atomic mass is 9.74. The summed E-state index contributed by atoms with van der Waals surface area (Å²) in [6.45, 7) is 2.28. The third-order valence-corrected chi connectivity index (χ3v) is 4.72. The first-order valence-corrected chi connectivity index (χ1v) is 8.15. The standard InChI is InChI=1S/C17H24N2O5.ClH/c1-21-9-13(18)16(20)19-10-17(4-6-22-7-5-17)12-2-3-14-15(8-12)24-11-23-14;/h2-3,8,13H,4-7,9-11,18H2,1H3,(H,19,20);1H. The van der Waals surface area contributed by atoms with Gasteiger partial charge in [-0.25, -0.2) is 0 Å². The monoisotopic (exact) mass is 372 g/mol. The molecule has 2 aliphatic heterocycles. The smallest absolute Gasteiger partial charge is 0.239 e. The molecule has 1 atom stereocenters. The van der Waals surface area contributed by atoms with Crippen LogP contribution in [0.2, 0.25) is 0 Å². The Bertz CT molecular complexity index is 592. The highest BCUT2D eigenvalue weighted by Crippen LogP contribution is 2.40. The van der Waals surface area contributed by atoms with E-state index in [1.165, 1.54) is 7.11 Å². The average Bonchev–Trinajstić information content (AvgIpc) is 3.08. The van der Waals surface area contributed by atoms with Gasteiger partial charge in [-0.2, -0.15) is 0 Å². The van der Waals surface area contributed by atoms with Gasteiger partial charge in [-0.3, -0.25) is 4.79 Å². The second-order valence-electron chi connectivity index (χ2n) is 6.24. The summed E-state index contributed by atoms with van der Waals surface area (Å²) in [6, 6.07) is 5.31. The number of halogens is 1. The Morgan fingerprint density at radius 1 is 1.32 bits per heavy atom. The predicted molar refractivity (Wildman–Crippen MR) is 94.4 cm³/mol. The minimum Gasteiger partial charge on any atom is -0.454 e. The molecular formula is C17H25ClN2O5. The lowest BCUT2D eigenvalue weighted by Crippen LogP contribution is -2.50. The lowest BCUT2D eigenvalue weighted by molar-refractivity contribution is -0.124. The molecule has 7 nitrogen and oxygen atoms in total. The number of carbonyl (C=O) groups is 1.